The van der Waals surface area contributed by atoms with E-state index in [4.69, 9.17) is 0 Å². The average Bonchev–Trinajstić information content (AvgIpc) is 2.01. The molecular weight excluding hydrogens is 174 g/mol. The lowest BCUT2D eigenvalue weighted by Gasteiger charge is -2.38. The molecule has 0 saturated heterocycles. The molecule has 0 radical (unpaired) electrons. The van der Waals surface area contributed by atoms with Crippen molar-refractivity contribution in [2.24, 2.45) is 10.8 Å². The number of hydrazine groups is 1. The summed E-state index contributed by atoms with van der Waals surface area (Å²) < 4.78 is 0. The van der Waals surface area contributed by atoms with E-state index in [1.54, 1.807) is 0 Å². The molecule has 3 nitrogen and oxygen atoms in total. The zero-order valence-electron chi connectivity index (χ0n) is 10.2. The van der Waals surface area contributed by atoms with Gasteiger partial charge in [0.2, 0.25) is 0 Å². The minimum absolute atomic E-state index is 0.156. The molecule has 1 unspecified atom stereocenters. The van der Waals surface area contributed by atoms with Crippen molar-refractivity contribution in [2.75, 3.05) is 0 Å². The first-order valence-electron chi connectivity index (χ1n) is 5.19. The van der Waals surface area contributed by atoms with Crippen molar-refractivity contribution < 1.29 is 0 Å². The summed E-state index contributed by atoms with van der Waals surface area (Å²) in [6.07, 6.45) is 2.35. The Balaban J connectivity index is 2.65. The van der Waals surface area contributed by atoms with E-state index in [0.717, 1.165) is 0 Å². The lowest BCUT2D eigenvalue weighted by Crippen LogP contribution is -2.58. The molecule has 0 fully saturated rings. The lowest BCUT2D eigenvalue weighted by molar-refractivity contribution is 0.204. The summed E-state index contributed by atoms with van der Waals surface area (Å²) in [7, 11) is 0. The van der Waals surface area contributed by atoms with E-state index < -0.39 is 0 Å². The van der Waals surface area contributed by atoms with Crippen molar-refractivity contribution >= 4 is 0 Å². The molecule has 1 rings (SSSR count). The highest BCUT2D eigenvalue weighted by atomic mass is 15.4. The Morgan fingerprint density at radius 2 is 1.64 bits per heavy atom. The van der Waals surface area contributed by atoms with Gasteiger partial charge in [-0.15, -0.1) is 0 Å². The Kier molecular flexibility index (Phi) is 2.81. The van der Waals surface area contributed by atoms with Crippen LogP contribution in [0.15, 0.2) is 11.9 Å². The topological polar surface area (TPSA) is 36.1 Å². The maximum atomic E-state index is 3.38. The van der Waals surface area contributed by atoms with Gasteiger partial charge in [0.15, 0.2) is 0 Å². The second-order valence-electron chi connectivity index (χ2n) is 6.04. The summed E-state index contributed by atoms with van der Waals surface area (Å²) in [4.78, 5) is 0. The van der Waals surface area contributed by atoms with E-state index in [0.29, 0.717) is 0 Å². The van der Waals surface area contributed by atoms with Crippen molar-refractivity contribution in [1.29, 1.82) is 0 Å². The highest BCUT2D eigenvalue weighted by Crippen LogP contribution is 2.25. The van der Waals surface area contributed by atoms with Crippen molar-refractivity contribution in [3.63, 3.8) is 0 Å². The Bertz CT molecular complexity index is 230. The van der Waals surface area contributed by atoms with Gasteiger partial charge in [0.1, 0.15) is 0 Å². The van der Waals surface area contributed by atoms with Crippen LogP contribution in [0.3, 0.4) is 0 Å². The molecule has 0 bridgehead atoms. The Morgan fingerprint density at radius 1 is 1.07 bits per heavy atom. The highest BCUT2D eigenvalue weighted by molar-refractivity contribution is 5.10. The third-order valence-electron chi connectivity index (χ3n) is 2.42. The molecule has 0 spiro atoms. The highest BCUT2D eigenvalue weighted by Gasteiger charge is 2.28. The molecule has 82 valence electrons. The largest absolute Gasteiger partial charge is 0.373 e. The van der Waals surface area contributed by atoms with Gasteiger partial charge in [-0.25, -0.2) is 5.43 Å². The van der Waals surface area contributed by atoms with Gasteiger partial charge in [-0.05, 0) is 5.41 Å². The number of nitrogens with one attached hydrogen (secondary N) is 3. The Hall–Kier alpha value is -0.700. The molecular formula is C11H23N3. The predicted octanol–water partition coefficient (Wildman–Crippen LogP) is 1.94. The second kappa shape index (κ2) is 3.46. The van der Waals surface area contributed by atoms with E-state index in [1.165, 1.54) is 5.70 Å². The van der Waals surface area contributed by atoms with Crippen LogP contribution < -0.4 is 16.2 Å². The van der Waals surface area contributed by atoms with Crippen molar-refractivity contribution in [3.8, 4) is 0 Å². The van der Waals surface area contributed by atoms with E-state index >= 15 is 0 Å². The number of hydrogen-bond acceptors (Lipinski definition) is 3. The molecule has 14 heavy (non-hydrogen) atoms. The summed E-state index contributed by atoms with van der Waals surface area (Å²) in [6.45, 7) is 13.2. The van der Waals surface area contributed by atoms with Crippen LogP contribution in [0.2, 0.25) is 0 Å². The maximum absolute atomic E-state index is 3.38. The normalized spacial score (nSPS) is 23.6. The third kappa shape index (κ3) is 2.64. The smallest absolute Gasteiger partial charge is 0.0985 e. The van der Waals surface area contributed by atoms with Gasteiger partial charge in [0.05, 0.1) is 6.17 Å². The van der Waals surface area contributed by atoms with E-state index in [2.05, 4.69) is 63.9 Å². The van der Waals surface area contributed by atoms with E-state index in [1.807, 2.05) is 0 Å². The monoisotopic (exact) mass is 197 g/mol. The molecule has 0 aromatic rings. The number of rotatable bonds is 0. The summed E-state index contributed by atoms with van der Waals surface area (Å²) >= 11 is 0. The molecule has 0 aromatic carbocycles. The van der Waals surface area contributed by atoms with Gasteiger partial charge in [-0.3, -0.25) is 0 Å². The average molecular weight is 197 g/mol. The van der Waals surface area contributed by atoms with Crippen LogP contribution in [-0.4, -0.2) is 6.17 Å². The molecule has 3 N–H and O–H groups in total. The Labute approximate surface area is 87.3 Å². The number of hydrogen-bond donors (Lipinski definition) is 3. The summed E-state index contributed by atoms with van der Waals surface area (Å²) in [5.41, 5.74) is 8.10. The molecule has 1 atom stereocenters. The van der Waals surface area contributed by atoms with Crippen LogP contribution >= 0.6 is 0 Å². The third-order valence-corrected chi connectivity index (χ3v) is 2.42. The number of allylic oxidation sites excluding steroid dienone is 1. The molecule has 1 aliphatic rings. The van der Waals surface area contributed by atoms with Crippen LogP contribution in [0.1, 0.15) is 41.5 Å². The van der Waals surface area contributed by atoms with Crippen LogP contribution in [0.25, 0.3) is 0 Å². The van der Waals surface area contributed by atoms with Gasteiger partial charge in [-0.1, -0.05) is 41.5 Å². The fourth-order valence-electron chi connectivity index (χ4n) is 1.26. The predicted molar refractivity (Wildman–Crippen MR) is 60.2 cm³/mol. The van der Waals surface area contributed by atoms with Crippen LogP contribution in [0.5, 0.6) is 0 Å². The van der Waals surface area contributed by atoms with Gasteiger partial charge in [-0.2, -0.15) is 0 Å². The van der Waals surface area contributed by atoms with E-state index in [-0.39, 0.29) is 17.0 Å². The zero-order valence-corrected chi connectivity index (χ0v) is 10.2. The molecule has 1 heterocycles. The van der Waals surface area contributed by atoms with E-state index in [9.17, 15) is 0 Å². The molecule has 0 amide bonds. The molecule has 3 heteroatoms. The van der Waals surface area contributed by atoms with Crippen LogP contribution in [0.4, 0.5) is 0 Å². The SMILES string of the molecule is CC(C)(C)C1=CNC(C(C)(C)C)NN1. The Morgan fingerprint density at radius 3 is 1.93 bits per heavy atom. The lowest BCUT2D eigenvalue weighted by atomic mass is 9.90. The summed E-state index contributed by atoms with van der Waals surface area (Å²) in [5.74, 6) is 0. The standard InChI is InChI=1S/C11H23N3/c1-10(2,3)8-7-12-9(14-13-8)11(4,5)6/h7,9,12-14H,1-6H3. The van der Waals surface area contributed by atoms with Crippen LogP contribution in [-0.2, 0) is 0 Å². The first kappa shape index (κ1) is 11.4. The molecule has 0 saturated carbocycles. The van der Waals surface area contributed by atoms with Gasteiger partial charge >= 0.3 is 0 Å². The fraction of sp³-hybridized carbons (Fsp3) is 0.818. The maximum Gasteiger partial charge on any atom is 0.0985 e. The minimum Gasteiger partial charge on any atom is -0.373 e. The summed E-state index contributed by atoms with van der Waals surface area (Å²) in [6, 6.07) is 0. The first-order chi connectivity index (χ1) is 6.21. The summed E-state index contributed by atoms with van der Waals surface area (Å²) in [5, 5.41) is 3.38. The fourth-order valence-corrected chi connectivity index (χ4v) is 1.26. The van der Waals surface area contributed by atoms with Gasteiger partial charge in [0.25, 0.3) is 0 Å². The molecule has 0 aliphatic carbocycles. The molecule has 1 aliphatic heterocycles. The zero-order chi connectivity index (χ0) is 11.0. The van der Waals surface area contributed by atoms with Crippen molar-refractivity contribution in [3.05, 3.63) is 11.9 Å². The van der Waals surface area contributed by atoms with Crippen LogP contribution in [0, 0.1) is 10.8 Å². The molecule has 0 aromatic heterocycles. The quantitative estimate of drug-likeness (QED) is 0.555. The first-order valence-corrected chi connectivity index (χ1v) is 5.19. The van der Waals surface area contributed by atoms with Gasteiger partial charge < -0.3 is 10.7 Å². The van der Waals surface area contributed by atoms with Gasteiger partial charge in [0, 0.05) is 17.3 Å². The van der Waals surface area contributed by atoms with Crippen molar-refractivity contribution in [1.82, 2.24) is 16.2 Å². The minimum atomic E-state index is 0.156. The second-order valence-corrected chi connectivity index (χ2v) is 6.04. The van der Waals surface area contributed by atoms with Crippen molar-refractivity contribution in [2.45, 2.75) is 47.7 Å².